The van der Waals surface area contributed by atoms with Crippen molar-refractivity contribution in [1.29, 1.82) is 0 Å². The van der Waals surface area contributed by atoms with E-state index in [1.807, 2.05) is 24.3 Å². The third-order valence-corrected chi connectivity index (χ3v) is 3.46. The van der Waals surface area contributed by atoms with Gasteiger partial charge in [-0.2, -0.15) is 0 Å². The molecule has 4 nitrogen and oxygen atoms in total. The van der Waals surface area contributed by atoms with Gasteiger partial charge >= 0.3 is 0 Å². The summed E-state index contributed by atoms with van der Waals surface area (Å²) in [5.41, 5.74) is 0.907. The molecule has 1 heterocycles. The molecular formula is C14H15Br2N3O. The zero-order valence-electron chi connectivity index (χ0n) is 11.3. The van der Waals surface area contributed by atoms with Crippen molar-refractivity contribution in [1.82, 2.24) is 9.97 Å². The van der Waals surface area contributed by atoms with Gasteiger partial charge in [0, 0.05) is 28.7 Å². The summed E-state index contributed by atoms with van der Waals surface area (Å²) in [6, 6.07) is 7.65. The van der Waals surface area contributed by atoms with Crippen LogP contribution in [0.1, 0.15) is 19.2 Å². The van der Waals surface area contributed by atoms with Gasteiger partial charge in [0.15, 0.2) is 0 Å². The van der Waals surface area contributed by atoms with Crippen LogP contribution in [0.2, 0.25) is 0 Å². The Morgan fingerprint density at radius 1 is 1.15 bits per heavy atom. The van der Waals surface area contributed by atoms with E-state index in [-0.39, 0.29) is 0 Å². The van der Waals surface area contributed by atoms with E-state index in [1.54, 1.807) is 7.11 Å². The van der Waals surface area contributed by atoms with Gasteiger partial charge in [0.05, 0.1) is 7.11 Å². The summed E-state index contributed by atoms with van der Waals surface area (Å²) in [4.78, 5) is 8.84. The summed E-state index contributed by atoms with van der Waals surface area (Å²) in [7, 11) is 1.65. The van der Waals surface area contributed by atoms with Crippen LogP contribution < -0.4 is 10.1 Å². The van der Waals surface area contributed by atoms with Gasteiger partial charge in [-0.3, -0.25) is 0 Å². The molecule has 0 aliphatic heterocycles. The number of benzene rings is 1. The van der Waals surface area contributed by atoms with Crippen molar-refractivity contribution >= 4 is 43.4 Å². The number of aromatic nitrogens is 2. The van der Waals surface area contributed by atoms with Gasteiger partial charge < -0.3 is 10.1 Å². The van der Waals surface area contributed by atoms with Gasteiger partial charge in [0.2, 0.25) is 0 Å². The maximum atomic E-state index is 5.25. The van der Waals surface area contributed by atoms with Crippen molar-refractivity contribution in [3.05, 3.63) is 39.2 Å². The van der Waals surface area contributed by atoms with Gasteiger partial charge in [0.1, 0.15) is 22.0 Å². The van der Waals surface area contributed by atoms with Crippen LogP contribution in [0.25, 0.3) is 0 Å². The Balaban J connectivity index is 2.27. The molecule has 20 heavy (non-hydrogen) atoms. The van der Waals surface area contributed by atoms with E-state index in [0.717, 1.165) is 45.0 Å². The van der Waals surface area contributed by atoms with Crippen LogP contribution in [-0.4, -0.2) is 17.1 Å². The highest BCUT2D eigenvalue weighted by molar-refractivity contribution is 9.10. The van der Waals surface area contributed by atoms with Crippen LogP contribution in [0.5, 0.6) is 5.75 Å². The lowest BCUT2D eigenvalue weighted by Gasteiger charge is -2.10. The number of aryl methyl sites for hydroxylation is 1. The van der Waals surface area contributed by atoms with Gasteiger partial charge in [-0.25, -0.2) is 9.97 Å². The minimum Gasteiger partial charge on any atom is -0.497 e. The molecule has 0 fully saturated rings. The van der Waals surface area contributed by atoms with E-state index in [9.17, 15) is 0 Å². The maximum Gasteiger partial charge on any atom is 0.135 e. The molecule has 2 aromatic rings. The van der Waals surface area contributed by atoms with Crippen LogP contribution in [0.3, 0.4) is 0 Å². The van der Waals surface area contributed by atoms with Crippen molar-refractivity contribution in [2.45, 2.75) is 19.8 Å². The highest BCUT2D eigenvalue weighted by Crippen LogP contribution is 2.27. The largest absolute Gasteiger partial charge is 0.497 e. The predicted molar refractivity (Wildman–Crippen MR) is 87.7 cm³/mol. The quantitative estimate of drug-likeness (QED) is 0.738. The highest BCUT2D eigenvalue weighted by Gasteiger charge is 2.05. The molecule has 1 N–H and O–H groups in total. The Morgan fingerprint density at radius 3 is 2.65 bits per heavy atom. The lowest BCUT2D eigenvalue weighted by molar-refractivity contribution is 0.415. The van der Waals surface area contributed by atoms with Crippen molar-refractivity contribution in [3.63, 3.8) is 0 Å². The topological polar surface area (TPSA) is 47.0 Å². The Hall–Kier alpha value is -1.14. The molecule has 0 amide bonds. The molecule has 0 spiro atoms. The fourth-order valence-corrected chi connectivity index (χ4v) is 2.66. The van der Waals surface area contributed by atoms with Crippen LogP contribution >= 0.6 is 31.9 Å². The number of nitrogens with one attached hydrogen (secondary N) is 1. The van der Waals surface area contributed by atoms with Crippen LogP contribution in [0, 0.1) is 0 Å². The second kappa shape index (κ2) is 7.04. The first-order chi connectivity index (χ1) is 9.60. The Bertz CT molecular complexity index is 605. The molecule has 1 aromatic heterocycles. The molecule has 0 atom stereocenters. The van der Waals surface area contributed by atoms with E-state index < -0.39 is 0 Å². The average molecular weight is 401 g/mol. The number of hydrogen-bond acceptors (Lipinski definition) is 4. The molecule has 0 saturated carbocycles. The van der Waals surface area contributed by atoms with E-state index >= 15 is 0 Å². The molecule has 1 aromatic carbocycles. The number of hydrogen-bond donors (Lipinski definition) is 1. The third kappa shape index (κ3) is 4.18. The van der Waals surface area contributed by atoms with Crippen LogP contribution in [-0.2, 0) is 6.42 Å². The summed E-state index contributed by atoms with van der Waals surface area (Å²) in [6.07, 6.45) is 1.87. The average Bonchev–Trinajstić information content (AvgIpc) is 2.37. The molecule has 106 valence electrons. The number of nitrogens with zero attached hydrogens (tertiary/aromatic N) is 2. The fraction of sp³-hybridized carbons (Fsp3) is 0.286. The van der Waals surface area contributed by atoms with Gasteiger partial charge in [-0.1, -0.05) is 22.9 Å². The van der Waals surface area contributed by atoms with E-state index in [4.69, 9.17) is 4.74 Å². The van der Waals surface area contributed by atoms with E-state index in [0.29, 0.717) is 0 Å². The standard InChI is InChI=1S/C14H15Br2N3O/c1-3-4-13-18-12(16)8-14(19-13)17-10-5-9(15)6-11(7-10)20-2/h5-8H,3-4H2,1-2H3,(H,17,18,19). The molecule has 6 heteroatoms. The Morgan fingerprint density at radius 2 is 1.95 bits per heavy atom. The number of halogens is 2. The Kier molecular flexibility index (Phi) is 5.37. The fourth-order valence-electron chi connectivity index (χ4n) is 1.76. The molecule has 0 radical (unpaired) electrons. The van der Waals surface area contributed by atoms with Gasteiger partial charge in [-0.15, -0.1) is 0 Å². The minimum absolute atomic E-state index is 0.760. The molecule has 0 bridgehead atoms. The predicted octanol–water partition coefficient (Wildman–Crippen LogP) is 4.71. The minimum atomic E-state index is 0.760. The normalized spacial score (nSPS) is 10.4. The number of ether oxygens (including phenoxy) is 1. The van der Waals surface area contributed by atoms with E-state index in [1.165, 1.54) is 0 Å². The van der Waals surface area contributed by atoms with E-state index in [2.05, 4.69) is 54.1 Å². The first kappa shape index (κ1) is 15.3. The van der Waals surface area contributed by atoms with Crippen molar-refractivity contribution in [2.75, 3.05) is 12.4 Å². The first-order valence-electron chi connectivity index (χ1n) is 6.25. The second-order valence-corrected chi connectivity index (χ2v) is 5.98. The monoisotopic (exact) mass is 399 g/mol. The molecule has 0 unspecified atom stereocenters. The molecule has 0 aliphatic carbocycles. The number of rotatable bonds is 5. The van der Waals surface area contributed by atoms with Crippen molar-refractivity contribution < 1.29 is 4.74 Å². The van der Waals surface area contributed by atoms with Crippen LogP contribution in [0.15, 0.2) is 33.3 Å². The van der Waals surface area contributed by atoms with Gasteiger partial charge in [-0.05, 0) is 34.5 Å². The summed E-state index contributed by atoms with van der Waals surface area (Å²) in [5, 5.41) is 3.27. The lowest BCUT2D eigenvalue weighted by Crippen LogP contribution is -2.00. The second-order valence-electron chi connectivity index (χ2n) is 4.25. The van der Waals surface area contributed by atoms with Crippen molar-refractivity contribution in [2.24, 2.45) is 0 Å². The number of methoxy groups -OCH3 is 1. The lowest BCUT2D eigenvalue weighted by atomic mass is 10.3. The van der Waals surface area contributed by atoms with Gasteiger partial charge in [0.25, 0.3) is 0 Å². The van der Waals surface area contributed by atoms with Crippen molar-refractivity contribution in [3.8, 4) is 5.75 Å². The summed E-state index contributed by atoms with van der Waals surface area (Å²) >= 11 is 6.87. The highest BCUT2D eigenvalue weighted by atomic mass is 79.9. The summed E-state index contributed by atoms with van der Waals surface area (Å²) < 4.78 is 6.97. The Labute approximate surface area is 135 Å². The SMILES string of the molecule is CCCc1nc(Br)cc(Nc2cc(Br)cc(OC)c2)n1. The van der Waals surface area contributed by atoms with Crippen LogP contribution in [0.4, 0.5) is 11.5 Å². The molecule has 0 saturated heterocycles. The first-order valence-corrected chi connectivity index (χ1v) is 7.84. The molecule has 0 aliphatic rings. The summed E-state index contributed by atoms with van der Waals surface area (Å²) in [5.74, 6) is 2.37. The molecular weight excluding hydrogens is 386 g/mol. The maximum absolute atomic E-state index is 5.25. The smallest absolute Gasteiger partial charge is 0.135 e. The third-order valence-electron chi connectivity index (χ3n) is 2.59. The molecule has 2 rings (SSSR count). The zero-order chi connectivity index (χ0) is 14.5. The zero-order valence-corrected chi connectivity index (χ0v) is 14.5. The number of anilines is 2. The summed E-state index contributed by atoms with van der Waals surface area (Å²) in [6.45, 7) is 2.11.